The summed E-state index contributed by atoms with van der Waals surface area (Å²) in [4.78, 5) is 25.9. The molecule has 2 saturated heterocycles. The first-order chi connectivity index (χ1) is 8.64. The van der Waals surface area contributed by atoms with Crippen LogP contribution in [0.4, 0.5) is 0 Å². The Morgan fingerprint density at radius 3 is 2.78 bits per heavy atom. The molecule has 1 saturated carbocycles. The molecule has 100 valence electrons. The number of rotatable bonds is 1. The van der Waals surface area contributed by atoms with Gasteiger partial charge < -0.3 is 15.5 Å². The summed E-state index contributed by atoms with van der Waals surface area (Å²) in [5.74, 6) is 0.363. The van der Waals surface area contributed by atoms with E-state index in [0.29, 0.717) is 13.1 Å². The molecular formula is C13H21N3O2. The summed E-state index contributed by atoms with van der Waals surface area (Å²) in [6, 6.07) is -0.300. The lowest BCUT2D eigenvalue weighted by Crippen LogP contribution is -2.56. The zero-order chi connectivity index (χ0) is 12.8. The lowest BCUT2D eigenvalue weighted by atomic mass is 9.91. The molecule has 0 radical (unpaired) electrons. The first-order valence-electron chi connectivity index (χ1n) is 6.93. The van der Waals surface area contributed by atoms with Crippen LogP contribution < -0.4 is 10.6 Å². The Kier molecular flexibility index (Phi) is 2.81. The molecule has 3 rings (SSSR count). The molecule has 2 N–H and O–H groups in total. The van der Waals surface area contributed by atoms with Gasteiger partial charge in [-0.2, -0.15) is 0 Å². The normalized spacial score (nSPS) is 34.3. The van der Waals surface area contributed by atoms with Crippen molar-refractivity contribution >= 4 is 11.8 Å². The Morgan fingerprint density at radius 1 is 1.33 bits per heavy atom. The molecule has 1 aliphatic carbocycles. The van der Waals surface area contributed by atoms with Gasteiger partial charge in [-0.3, -0.25) is 9.59 Å². The molecule has 0 aromatic heterocycles. The number of carbonyl (C=O) groups excluding carboxylic acids is 2. The maximum absolute atomic E-state index is 12.5. The molecule has 0 aromatic rings. The third-order valence-corrected chi connectivity index (χ3v) is 4.87. The summed E-state index contributed by atoms with van der Waals surface area (Å²) < 4.78 is 0. The Bertz CT molecular complexity index is 376. The van der Waals surface area contributed by atoms with Crippen LogP contribution in [-0.2, 0) is 9.59 Å². The van der Waals surface area contributed by atoms with Crippen molar-refractivity contribution in [2.45, 2.75) is 32.2 Å². The molecule has 2 aliphatic heterocycles. The maximum atomic E-state index is 12.5. The fourth-order valence-corrected chi connectivity index (χ4v) is 3.46. The molecule has 5 nitrogen and oxygen atoms in total. The van der Waals surface area contributed by atoms with Crippen LogP contribution in [0, 0.1) is 11.3 Å². The summed E-state index contributed by atoms with van der Waals surface area (Å²) in [6.45, 7) is 5.14. The molecule has 0 aromatic carbocycles. The Balaban J connectivity index is 1.67. The summed E-state index contributed by atoms with van der Waals surface area (Å²) in [6.07, 6.45) is 3.24. The van der Waals surface area contributed by atoms with E-state index < -0.39 is 0 Å². The molecule has 5 heteroatoms. The Labute approximate surface area is 107 Å². The van der Waals surface area contributed by atoms with Crippen LogP contribution >= 0.6 is 0 Å². The van der Waals surface area contributed by atoms with E-state index in [1.807, 2.05) is 6.92 Å². The number of piperazine rings is 1. The number of nitrogens with one attached hydrogen (secondary N) is 2. The lowest BCUT2D eigenvalue weighted by molar-refractivity contribution is -0.144. The topological polar surface area (TPSA) is 61.4 Å². The van der Waals surface area contributed by atoms with Gasteiger partial charge >= 0.3 is 0 Å². The summed E-state index contributed by atoms with van der Waals surface area (Å²) >= 11 is 0. The molecule has 3 fully saturated rings. The van der Waals surface area contributed by atoms with Crippen molar-refractivity contribution in [3.05, 3.63) is 0 Å². The molecule has 1 spiro atoms. The van der Waals surface area contributed by atoms with Gasteiger partial charge in [0, 0.05) is 19.0 Å². The fourth-order valence-electron chi connectivity index (χ4n) is 3.46. The average Bonchev–Trinajstić information content (AvgIpc) is 3.06. The standard InChI is InChI=1S/C13H21N3O2/c1-9-11(17)15-6-7-16(9)12(18)10-8-13(10)2-4-14-5-3-13/h9-10,14H,2-8H2,1H3,(H,15,17)/t9-,10+/m1/s1. The minimum atomic E-state index is -0.300. The van der Waals surface area contributed by atoms with Crippen molar-refractivity contribution in [2.75, 3.05) is 26.2 Å². The van der Waals surface area contributed by atoms with Crippen LogP contribution in [0.3, 0.4) is 0 Å². The maximum Gasteiger partial charge on any atom is 0.242 e. The monoisotopic (exact) mass is 251 g/mol. The summed E-state index contributed by atoms with van der Waals surface area (Å²) in [5.41, 5.74) is 0.260. The van der Waals surface area contributed by atoms with Gasteiger partial charge in [0.1, 0.15) is 6.04 Å². The van der Waals surface area contributed by atoms with E-state index in [-0.39, 0.29) is 29.2 Å². The van der Waals surface area contributed by atoms with Crippen molar-refractivity contribution in [3.63, 3.8) is 0 Å². The molecule has 2 amide bonds. The predicted octanol–water partition coefficient (Wildman–Crippen LogP) is -0.277. The number of piperidine rings is 1. The zero-order valence-electron chi connectivity index (χ0n) is 10.9. The van der Waals surface area contributed by atoms with Crippen molar-refractivity contribution in [1.29, 1.82) is 0 Å². The second-order valence-electron chi connectivity index (χ2n) is 5.87. The third-order valence-electron chi connectivity index (χ3n) is 4.87. The highest BCUT2D eigenvalue weighted by Gasteiger charge is 2.59. The highest BCUT2D eigenvalue weighted by Crippen LogP contribution is 2.59. The van der Waals surface area contributed by atoms with Gasteiger partial charge in [-0.05, 0) is 44.7 Å². The molecule has 0 bridgehead atoms. The SMILES string of the molecule is C[C@@H]1C(=O)NCCN1C(=O)[C@@H]1CC12CCNCC2. The average molecular weight is 251 g/mol. The van der Waals surface area contributed by atoms with Crippen molar-refractivity contribution in [2.24, 2.45) is 11.3 Å². The van der Waals surface area contributed by atoms with Gasteiger partial charge in [0.25, 0.3) is 0 Å². The van der Waals surface area contributed by atoms with E-state index >= 15 is 0 Å². The number of hydrogen-bond donors (Lipinski definition) is 2. The molecule has 3 aliphatic rings. The highest BCUT2D eigenvalue weighted by atomic mass is 16.2. The van der Waals surface area contributed by atoms with E-state index in [2.05, 4.69) is 10.6 Å². The van der Waals surface area contributed by atoms with Crippen molar-refractivity contribution in [3.8, 4) is 0 Å². The van der Waals surface area contributed by atoms with Gasteiger partial charge in [0.15, 0.2) is 0 Å². The minimum Gasteiger partial charge on any atom is -0.353 e. The number of hydrogen-bond acceptors (Lipinski definition) is 3. The van der Waals surface area contributed by atoms with Gasteiger partial charge in [0.2, 0.25) is 11.8 Å². The second kappa shape index (κ2) is 4.23. The lowest BCUT2D eigenvalue weighted by Gasteiger charge is -2.34. The smallest absolute Gasteiger partial charge is 0.242 e. The van der Waals surface area contributed by atoms with Crippen LogP contribution in [-0.4, -0.2) is 48.9 Å². The number of amides is 2. The van der Waals surface area contributed by atoms with Crippen LogP contribution in [0.1, 0.15) is 26.2 Å². The van der Waals surface area contributed by atoms with Gasteiger partial charge in [-0.15, -0.1) is 0 Å². The molecule has 18 heavy (non-hydrogen) atoms. The molecular weight excluding hydrogens is 230 g/mol. The van der Waals surface area contributed by atoms with Crippen molar-refractivity contribution in [1.82, 2.24) is 15.5 Å². The molecule has 2 heterocycles. The van der Waals surface area contributed by atoms with Crippen LogP contribution in [0.5, 0.6) is 0 Å². The quantitative estimate of drug-likeness (QED) is 0.674. The van der Waals surface area contributed by atoms with E-state index in [4.69, 9.17) is 0 Å². The Morgan fingerprint density at radius 2 is 2.06 bits per heavy atom. The van der Waals surface area contributed by atoms with Crippen LogP contribution in [0.25, 0.3) is 0 Å². The largest absolute Gasteiger partial charge is 0.353 e. The zero-order valence-corrected chi connectivity index (χ0v) is 10.9. The van der Waals surface area contributed by atoms with Gasteiger partial charge in [-0.25, -0.2) is 0 Å². The Hall–Kier alpha value is -1.10. The van der Waals surface area contributed by atoms with E-state index in [0.717, 1.165) is 32.4 Å². The van der Waals surface area contributed by atoms with Gasteiger partial charge in [0.05, 0.1) is 0 Å². The third kappa shape index (κ3) is 1.81. The van der Waals surface area contributed by atoms with Gasteiger partial charge in [-0.1, -0.05) is 0 Å². The van der Waals surface area contributed by atoms with Crippen molar-refractivity contribution < 1.29 is 9.59 Å². The molecule has 2 atom stereocenters. The van der Waals surface area contributed by atoms with E-state index in [9.17, 15) is 9.59 Å². The number of nitrogens with zero attached hydrogens (tertiary/aromatic N) is 1. The number of carbonyl (C=O) groups is 2. The first-order valence-corrected chi connectivity index (χ1v) is 6.93. The summed E-state index contributed by atoms with van der Waals surface area (Å²) in [5, 5.41) is 6.15. The van der Waals surface area contributed by atoms with Crippen LogP contribution in [0.15, 0.2) is 0 Å². The first kappa shape index (κ1) is 12.0. The minimum absolute atomic E-state index is 0.0189. The van der Waals surface area contributed by atoms with E-state index in [1.165, 1.54) is 0 Å². The highest BCUT2D eigenvalue weighted by molar-refractivity contribution is 5.90. The summed E-state index contributed by atoms with van der Waals surface area (Å²) in [7, 11) is 0. The van der Waals surface area contributed by atoms with Crippen LogP contribution in [0.2, 0.25) is 0 Å². The predicted molar refractivity (Wildman–Crippen MR) is 66.8 cm³/mol. The second-order valence-corrected chi connectivity index (χ2v) is 5.87. The fraction of sp³-hybridized carbons (Fsp3) is 0.846. The van der Waals surface area contributed by atoms with E-state index in [1.54, 1.807) is 4.90 Å². The molecule has 0 unspecified atom stereocenters.